The zero-order valence-corrected chi connectivity index (χ0v) is 21.8. The molecule has 4 heteroatoms. The number of hydrogen-bond acceptors (Lipinski definition) is 2. The molecular formula is C30H36N2OSi. The minimum Gasteiger partial charge on any atom is -0.407 e. The first-order valence-electron chi connectivity index (χ1n) is 12.3. The summed E-state index contributed by atoms with van der Waals surface area (Å²) in [6.07, 6.45) is 1.83. The predicted molar refractivity (Wildman–Crippen MR) is 144 cm³/mol. The highest BCUT2D eigenvalue weighted by Gasteiger charge is 2.50. The number of H-pyrrole nitrogens is 1. The molecule has 1 N–H and O–H groups in total. The fourth-order valence-electron chi connectivity index (χ4n) is 5.00. The molecule has 4 rings (SSSR count). The molecule has 0 aliphatic heterocycles. The van der Waals surface area contributed by atoms with Crippen molar-refractivity contribution in [3.8, 4) is 0 Å². The van der Waals surface area contributed by atoms with E-state index in [1.807, 2.05) is 0 Å². The number of nitrogens with zero attached hydrogens (tertiary/aromatic N) is 1. The van der Waals surface area contributed by atoms with Crippen molar-refractivity contribution in [1.29, 1.82) is 0 Å². The van der Waals surface area contributed by atoms with Crippen molar-refractivity contribution in [2.75, 3.05) is 6.61 Å². The van der Waals surface area contributed by atoms with E-state index in [4.69, 9.17) is 4.43 Å². The molecule has 176 valence electrons. The molecule has 0 spiro atoms. The van der Waals surface area contributed by atoms with Gasteiger partial charge in [0.05, 0.1) is 5.69 Å². The van der Waals surface area contributed by atoms with Crippen LogP contribution in [-0.2, 0) is 10.8 Å². The van der Waals surface area contributed by atoms with Gasteiger partial charge in [0.25, 0.3) is 8.32 Å². The van der Waals surface area contributed by atoms with Crippen LogP contribution in [0.15, 0.2) is 97.1 Å². The number of aryl methyl sites for hydroxylation is 1. The van der Waals surface area contributed by atoms with E-state index in [2.05, 4.69) is 135 Å². The number of hydrogen-bond donors (Lipinski definition) is 1. The molecule has 0 radical (unpaired) electrons. The van der Waals surface area contributed by atoms with Gasteiger partial charge < -0.3 is 4.43 Å². The van der Waals surface area contributed by atoms with Crippen molar-refractivity contribution in [2.24, 2.45) is 0 Å². The second kappa shape index (κ2) is 10.5. The number of benzene rings is 3. The number of rotatable bonds is 9. The van der Waals surface area contributed by atoms with Crippen LogP contribution in [0.3, 0.4) is 0 Å². The maximum absolute atomic E-state index is 7.17. The minimum absolute atomic E-state index is 0.0281. The third-order valence-corrected chi connectivity index (χ3v) is 11.8. The molecule has 4 aromatic rings. The summed E-state index contributed by atoms with van der Waals surface area (Å²) < 4.78 is 7.17. The van der Waals surface area contributed by atoms with Crippen LogP contribution in [0.4, 0.5) is 0 Å². The Morgan fingerprint density at radius 3 is 1.82 bits per heavy atom. The molecule has 3 aromatic carbocycles. The topological polar surface area (TPSA) is 37.9 Å². The van der Waals surface area contributed by atoms with Gasteiger partial charge in [0.1, 0.15) is 0 Å². The van der Waals surface area contributed by atoms with E-state index in [0.717, 1.165) is 18.5 Å². The summed E-state index contributed by atoms with van der Waals surface area (Å²) in [4.78, 5) is 0. The van der Waals surface area contributed by atoms with Crippen LogP contribution >= 0.6 is 0 Å². The molecule has 3 nitrogen and oxygen atoms in total. The Labute approximate surface area is 205 Å². The van der Waals surface area contributed by atoms with Gasteiger partial charge >= 0.3 is 0 Å². The third kappa shape index (κ3) is 4.93. The minimum atomic E-state index is -2.55. The van der Waals surface area contributed by atoms with E-state index in [1.54, 1.807) is 0 Å². The van der Waals surface area contributed by atoms with Crippen LogP contribution in [0, 0.1) is 0 Å². The quantitative estimate of drug-likeness (QED) is 0.303. The van der Waals surface area contributed by atoms with Crippen molar-refractivity contribution in [1.82, 2.24) is 10.2 Å². The molecule has 1 unspecified atom stereocenters. The van der Waals surface area contributed by atoms with Crippen molar-refractivity contribution >= 4 is 18.7 Å². The van der Waals surface area contributed by atoms with Gasteiger partial charge in [0.2, 0.25) is 0 Å². The summed E-state index contributed by atoms with van der Waals surface area (Å²) in [5, 5.41) is 10.5. The molecule has 0 fully saturated rings. The maximum Gasteiger partial charge on any atom is 0.261 e. The third-order valence-electron chi connectivity index (χ3n) is 6.73. The molecule has 1 atom stereocenters. The normalized spacial score (nSPS) is 13.1. The van der Waals surface area contributed by atoms with Crippen LogP contribution < -0.4 is 10.4 Å². The number of aromatic amines is 1. The van der Waals surface area contributed by atoms with E-state index in [0.29, 0.717) is 6.61 Å². The molecule has 0 aliphatic rings. The highest BCUT2D eigenvalue weighted by atomic mass is 28.4. The summed E-state index contributed by atoms with van der Waals surface area (Å²) in [6.45, 7) is 9.81. The Morgan fingerprint density at radius 1 is 0.824 bits per heavy atom. The second-order valence-electron chi connectivity index (χ2n) is 9.94. The lowest BCUT2D eigenvalue weighted by Crippen LogP contribution is -2.66. The van der Waals surface area contributed by atoms with Crippen molar-refractivity contribution in [2.45, 2.75) is 51.5 Å². The Bertz CT molecular complexity index is 1110. The first-order chi connectivity index (χ1) is 16.5. The highest BCUT2D eigenvalue weighted by Crippen LogP contribution is 2.37. The largest absolute Gasteiger partial charge is 0.407 e. The summed E-state index contributed by atoms with van der Waals surface area (Å²) >= 11 is 0. The van der Waals surface area contributed by atoms with Crippen LogP contribution in [-0.4, -0.2) is 25.1 Å². The summed E-state index contributed by atoms with van der Waals surface area (Å²) in [5.41, 5.74) is 3.54. The Hall–Kier alpha value is -2.95. The van der Waals surface area contributed by atoms with Crippen molar-refractivity contribution < 1.29 is 4.43 Å². The van der Waals surface area contributed by atoms with Gasteiger partial charge in [-0.2, -0.15) is 5.10 Å². The van der Waals surface area contributed by atoms with E-state index in [9.17, 15) is 0 Å². The smallest absolute Gasteiger partial charge is 0.261 e. The van der Waals surface area contributed by atoms with Crippen molar-refractivity contribution in [3.05, 3.63) is 114 Å². The Morgan fingerprint density at radius 2 is 1.35 bits per heavy atom. The number of aromatic nitrogens is 2. The fraction of sp³-hybridized carbons (Fsp3) is 0.300. The van der Waals surface area contributed by atoms with E-state index in [1.165, 1.54) is 21.6 Å². The lowest BCUT2D eigenvalue weighted by Gasteiger charge is -2.43. The SMILES string of the molecule is CCc1cc(C(CCO[Si](c2ccccc2)(c2ccccc2)C(C)(C)C)c2ccccc2)n[nH]1. The Kier molecular flexibility index (Phi) is 7.49. The van der Waals surface area contributed by atoms with Gasteiger partial charge in [-0.1, -0.05) is 119 Å². The summed E-state index contributed by atoms with van der Waals surface area (Å²) in [6, 6.07) is 34.6. The van der Waals surface area contributed by atoms with E-state index in [-0.39, 0.29) is 11.0 Å². The van der Waals surface area contributed by atoms with E-state index >= 15 is 0 Å². The van der Waals surface area contributed by atoms with Crippen LogP contribution in [0.25, 0.3) is 0 Å². The molecule has 0 saturated heterocycles. The molecular weight excluding hydrogens is 432 g/mol. The maximum atomic E-state index is 7.17. The predicted octanol–water partition coefficient (Wildman–Crippen LogP) is 6.07. The average molecular weight is 469 g/mol. The highest BCUT2D eigenvalue weighted by molar-refractivity contribution is 6.99. The fourth-order valence-corrected chi connectivity index (χ4v) is 9.58. The lowest BCUT2D eigenvalue weighted by molar-refractivity contribution is 0.285. The molecule has 0 aliphatic carbocycles. The first-order valence-corrected chi connectivity index (χ1v) is 14.2. The van der Waals surface area contributed by atoms with Crippen LogP contribution in [0.1, 0.15) is 57.0 Å². The molecule has 1 heterocycles. The van der Waals surface area contributed by atoms with Gasteiger partial charge in [0, 0.05) is 18.2 Å². The van der Waals surface area contributed by atoms with Gasteiger partial charge in [-0.25, -0.2) is 0 Å². The number of nitrogens with one attached hydrogen (secondary N) is 1. The standard InChI is InChI=1S/C30H36N2OSi/c1-5-25-23-29(32-31-25)28(24-15-9-6-10-16-24)21-22-33-34(30(2,3)4,26-17-11-7-12-18-26)27-19-13-8-14-20-27/h6-20,23,28H,5,21-22H2,1-4H3,(H,31,32). The van der Waals surface area contributed by atoms with Gasteiger partial charge in [-0.3, -0.25) is 5.10 Å². The molecule has 34 heavy (non-hydrogen) atoms. The van der Waals surface area contributed by atoms with Crippen molar-refractivity contribution in [3.63, 3.8) is 0 Å². The zero-order chi connectivity index (χ0) is 24.0. The van der Waals surface area contributed by atoms with Crippen LogP contribution in [0.5, 0.6) is 0 Å². The van der Waals surface area contributed by atoms with Gasteiger partial charge in [0.15, 0.2) is 0 Å². The van der Waals surface area contributed by atoms with Gasteiger partial charge in [-0.15, -0.1) is 0 Å². The molecule has 0 amide bonds. The molecule has 0 saturated carbocycles. The summed E-state index contributed by atoms with van der Waals surface area (Å²) in [5.74, 6) is 0.191. The lowest BCUT2D eigenvalue weighted by atomic mass is 9.92. The molecule has 1 aromatic heterocycles. The van der Waals surface area contributed by atoms with E-state index < -0.39 is 8.32 Å². The van der Waals surface area contributed by atoms with Crippen LogP contribution in [0.2, 0.25) is 5.04 Å². The first kappa shape index (κ1) is 24.2. The Balaban J connectivity index is 1.69. The zero-order valence-electron chi connectivity index (χ0n) is 20.8. The average Bonchev–Trinajstić information content (AvgIpc) is 3.34. The monoisotopic (exact) mass is 468 g/mol. The molecule has 0 bridgehead atoms. The van der Waals surface area contributed by atoms with Gasteiger partial charge in [-0.05, 0) is 39.9 Å². The second-order valence-corrected chi connectivity index (χ2v) is 14.2. The summed E-state index contributed by atoms with van der Waals surface area (Å²) in [7, 11) is -2.55.